The summed E-state index contributed by atoms with van der Waals surface area (Å²) in [4.78, 5) is 12.3. The molecule has 2 aromatic carbocycles. The molecule has 0 radical (unpaired) electrons. The molecule has 0 fully saturated rings. The number of sulfonamides is 1. The molecule has 7 heteroatoms. The summed E-state index contributed by atoms with van der Waals surface area (Å²) < 4.78 is 30.7. The fourth-order valence-electron chi connectivity index (χ4n) is 1.92. The van der Waals surface area contributed by atoms with Crippen LogP contribution in [0.4, 0.5) is 5.69 Å². The molecule has 0 heterocycles. The summed E-state index contributed by atoms with van der Waals surface area (Å²) in [5, 5.41) is 2.70. The zero-order chi connectivity index (χ0) is 17.7. The van der Waals surface area contributed by atoms with Gasteiger partial charge < -0.3 is 10.1 Å². The second-order valence-electron chi connectivity index (χ2n) is 5.37. The van der Waals surface area contributed by atoms with E-state index >= 15 is 0 Å². The fraction of sp³-hybridized carbons (Fsp3) is 0.235. The van der Waals surface area contributed by atoms with Crippen molar-refractivity contribution in [1.82, 2.24) is 4.31 Å². The number of nitrogens with zero attached hydrogens (tertiary/aromatic N) is 1. The SMILES string of the molecule is C[C@H](Oc1ccccc1)C(=O)Nc1ccc(S(=O)(=O)N(C)C)cc1. The number of ether oxygens (including phenoxy) is 1. The lowest BCUT2D eigenvalue weighted by Gasteiger charge is -2.15. The van der Waals surface area contributed by atoms with Gasteiger partial charge in [-0.05, 0) is 43.3 Å². The summed E-state index contributed by atoms with van der Waals surface area (Å²) in [6.07, 6.45) is -0.683. The molecule has 0 aliphatic rings. The first kappa shape index (κ1) is 18.0. The van der Waals surface area contributed by atoms with E-state index in [0.29, 0.717) is 11.4 Å². The first-order chi connectivity index (χ1) is 11.3. The van der Waals surface area contributed by atoms with Crippen LogP contribution in [0.1, 0.15) is 6.92 Å². The van der Waals surface area contributed by atoms with E-state index in [1.165, 1.54) is 26.2 Å². The molecule has 0 saturated heterocycles. The van der Waals surface area contributed by atoms with Gasteiger partial charge in [0.1, 0.15) is 5.75 Å². The van der Waals surface area contributed by atoms with Crippen LogP contribution in [0.15, 0.2) is 59.5 Å². The van der Waals surface area contributed by atoms with Crippen LogP contribution in [-0.2, 0) is 14.8 Å². The number of rotatable bonds is 6. The summed E-state index contributed by atoms with van der Waals surface area (Å²) in [5.41, 5.74) is 0.501. The molecule has 128 valence electrons. The lowest BCUT2D eigenvalue weighted by atomic mass is 10.3. The van der Waals surface area contributed by atoms with Gasteiger partial charge in [0.05, 0.1) is 4.90 Å². The first-order valence-corrected chi connectivity index (χ1v) is 8.80. The van der Waals surface area contributed by atoms with E-state index < -0.39 is 16.1 Å². The van der Waals surface area contributed by atoms with Crippen LogP contribution in [0.3, 0.4) is 0 Å². The smallest absolute Gasteiger partial charge is 0.265 e. The van der Waals surface area contributed by atoms with Gasteiger partial charge in [-0.3, -0.25) is 4.79 Å². The van der Waals surface area contributed by atoms with Crippen molar-refractivity contribution in [2.75, 3.05) is 19.4 Å². The number of carbonyl (C=O) groups excluding carboxylic acids is 1. The second-order valence-corrected chi connectivity index (χ2v) is 7.53. The molecule has 0 saturated carbocycles. The normalized spacial score (nSPS) is 12.7. The molecular formula is C17H20N2O4S. The monoisotopic (exact) mass is 348 g/mol. The minimum absolute atomic E-state index is 0.166. The van der Waals surface area contributed by atoms with Gasteiger partial charge in [-0.25, -0.2) is 12.7 Å². The Labute approximate surface area is 142 Å². The van der Waals surface area contributed by atoms with Crippen molar-refractivity contribution in [3.05, 3.63) is 54.6 Å². The molecule has 1 N–H and O–H groups in total. The summed E-state index contributed by atoms with van der Waals surface area (Å²) in [5.74, 6) is 0.287. The van der Waals surface area contributed by atoms with Gasteiger partial charge in [0.2, 0.25) is 10.0 Å². The predicted octanol–water partition coefficient (Wildman–Crippen LogP) is 2.34. The number of nitrogens with one attached hydrogen (secondary N) is 1. The third-order valence-electron chi connectivity index (χ3n) is 3.33. The Morgan fingerprint density at radius 3 is 2.17 bits per heavy atom. The Hall–Kier alpha value is -2.38. The highest BCUT2D eigenvalue weighted by Gasteiger charge is 2.18. The average Bonchev–Trinajstić information content (AvgIpc) is 2.56. The van der Waals surface area contributed by atoms with Crippen LogP contribution in [-0.4, -0.2) is 38.8 Å². The highest BCUT2D eigenvalue weighted by Crippen LogP contribution is 2.17. The molecule has 1 amide bonds. The van der Waals surface area contributed by atoms with Crippen LogP contribution in [0.5, 0.6) is 5.75 Å². The molecule has 2 aromatic rings. The highest BCUT2D eigenvalue weighted by molar-refractivity contribution is 7.89. The molecular weight excluding hydrogens is 328 g/mol. The molecule has 0 aliphatic carbocycles. The standard InChI is InChI=1S/C17H20N2O4S/c1-13(23-15-7-5-4-6-8-15)17(20)18-14-9-11-16(12-10-14)24(21,22)19(2)3/h4-13H,1-3H3,(H,18,20)/t13-/m0/s1. The van der Waals surface area contributed by atoms with Gasteiger partial charge in [0, 0.05) is 19.8 Å². The summed E-state index contributed by atoms with van der Waals surface area (Å²) in [7, 11) is -0.551. The summed E-state index contributed by atoms with van der Waals surface area (Å²) in [6.45, 7) is 1.65. The number of amides is 1. The minimum Gasteiger partial charge on any atom is -0.481 e. The molecule has 0 bridgehead atoms. The van der Waals surface area contributed by atoms with E-state index in [0.717, 1.165) is 4.31 Å². The highest BCUT2D eigenvalue weighted by atomic mass is 32.2. The molecule has 0 spiro atoms. The van der Waals surface area contributed by atoms with Crippen molar-refractivity contribution in [3.8, 4) is 5.75 Å². The Bertz CT molecular complexity index is 787. The maximum Gasteiger partial charge on any atom is 0.265 e. The van der Waals surface area contributed by atoms with Gasteiger partial charge in [0.15, 0.2) is 6.10 Å². The third kappa shape index (κ3) is 4.33. The van der Waals surface area contributed by atoms with E-state index in [1.807, 2.05) is 18.2 Å². The van der Waals surface area contributed by atoms with Crippen molar-refractivity contribution < 1.29 is 17.9 Å². The molecule has 24 heavy (non-hydrogen) atoms. The molecule has 2 rings (SSSR count). The van der Waals surface area contributed by atoms with Crippen molar-refractivity contribution in [1.29, 1.82) is 0 Å². The third-order valence-corrected chi connectivity index (χ3v) is 5.16. The Balaban J connectivity index is 2.02. The Morgan fingerprint density at radius 1 is 1.04 bits per heavy atom. The van der Waals surface area contributed by atoms with Crippen LogP contribution in [0.25, 0.3) is 0 Å². The van der Waals surface area contributed by atoms with Gasteiger partial charge in [-0.1, -0.05) is 18.2 Å². The zero-order valence-electron chi connectivity index (χ0n) is 13.8. The maximum atomic E-state index is 12.1. The number of carbonyl (C=O) groups is 1. The van der Waals surface area contributed by atoms with Gasteiger partial charge in [0.25, 0.3) is 5.91 Å². The van der Waals surface area contributed by atoms with Crippen molar-refractivity contribution in [2.24, 2.45) is 0 Å². The molecule has 6 nitrogen and oxygen atoms in total. The molecule has 0 aromatic heterocycles. The fourth-order valence-corrected chi connectivity index (χ4v) is 2.82. The van der Waals surface area contributed by atoms with E-state index in [2.05, 4.69) is 5.32 Å². The average molecular weight is 348 g/mol. The Kier molecular flexibility index (Phi) is 5.58. The number of anilines is 1. The van der Waals surface area contributed by atoms with Crippen molar-refractivity contribution >= 4 is 21.6 Å². The van der Waals surface area contributed by atoms with Gasteiger partial charge >= 0.3 is 0 Å². The number of benzene rings is 2. The molecule has 0 unspecified atom stereocenters. The zero-order valence-corrected chi connectivity index (χ0v) is 14.6. The Morgan fingerprint density at radius 2 is 1.62 bits per heavy atom. The van der Waals surface area contributed by atoms with Crippen LogP contribution in [0.2, 0.25) is 0 Å². The van der Waals surface area contributed by atoms with Crippen LogP contribution in [0, 0.1) is 0 Å². The van der Waals surface area contributed by atoms with Gasteiger partial charge in [-0.15, -0.1) is 0 Å². The van der Waals surface area contributed by atoms with E-state index in [9.17, 15) is 13.2 Å². The van der Waals surface area contributed by atoms with E-state index in [4.69, 9.17) is 4.74 Å². The molecule has 0 aliphatic heterocycles. The topological polar surface area (TPSA) is 75.7 Å². The number of hydrogen-bond acceptors (Lipinski definition) is 4. The second kappa shape index (κ2) is 7.46. The number of hydrogen-bond donors (Lipinski definition) is 1. The van der Waals surface area contributed by atoms with E-state index in [-0.39, 0.29) is 10.8 Å². The summed E-state index contributed by atoms with van der Waals surface area (Å²) in [6, 6.07) is 15.0. The predicted molar refractivity (Wildman–Crippen MR) is 92.5 cm³/mol. The van der Waals surface area contributed by atoms with Crippen LogP contribution >= 0.6 is 0 Å². The van der Waals surface area contributed by atoms with Crippen molar-refractivity contribution in [3.63, 3.8) is 0 Å². The lowest BCUT2D eigenvalue weighted by molar-refractivity contribution is -0.122. The molecule has 1 atom stereocenters. The quantitative estimate of drug-likeness (QED) is 0.869. The van der Waals surface area contributed by atoms with Crippen LogP contribution < -0.4 is 10.1 Å². The van der Waals surface area contributed by atoms with E-state index in [1.54, 1.807) is 31.2 Å². The minimum atomic E-state index is -3.48. The van der Waals surface area contributed by atoms with Crippen molar-refractivity contribution in [2.45, 2.75) is 17.9 Å². The first-order valence-electron chi connectivity index (χ1n) is 7.36. The maximum absolute atomic E-state index is 12.1. The van der Waals surface area contributed by atoms with Gasteiger partial charge in [-0.2, -0.15) is 0 Å². The lowest BCUT2D eigenvalue weighted by Crippen LogP contribution is -2.30. The summed E-state index contributed by atoms with van der Waals surface area (Å²) >= 11 is 0. The number of para-hydroxylation sites is 1. The largest absolute Gasteiger partial charge is 0.481 e.